The van der Waals surface area contributed by atoms with E-state index < -0.39 is 5.97 Å². The molecule has 0 atom stereocenters. The number of pyridine rings is 1. The van der Waals surface area contributed by atoms with Crippen molar-refractivity contribution in [1.82, 2.24) is 4.98 Å². The van der Waals surface area contributed by atoms with Crippen molar-refractivity contribution in [1.29, 1.82) is 0 Å². The lowest BCUT2D eigenvalue weighted by Gasteiger charge is -2.35. The summed E-state index contributed by atoms with van der Waals surface area (Å²) in [5.74, 6) is 0.209. The van der Waals surface area contributed by atoms with Gasteiger partial charge in [0.05, 0.1) is 12.3 Å². The van der Waals surface area contributed by atoms with E-state index in [9.17, 15) is 9.18 Å². The van der Waals surface area contributed by atoms with E-state index in [1.807, 2.05) is 43.3 Å². The monoisotopic (exact) mass is 407 g/mol. The Morgan fingerprint density at radius 2 is 1.83 bits per heavy atom. The van der Waals surface area contributed by atoms with Crippen LogP contribution in [0.15, 0.2) is 60.8 Å². The number of hydrogen-bond acceptors (Lipinski definition) is 4. The highest BCUT2D eigenvalue weighted by Crippen LogP contribution is 2.39. The highest BCUT2D eigenvalue weighted by molar-refractivity contribution is 5.68. The zero-order valence-corrected chi connectivity index (χ0v) is 16.5. The van der Waals surface area contributed by atoms with Crippen molar-refractivity contribution in [2.24, 2.45) is 0 Å². The van der Waals surface area contributed by atoms with Crippen LogP contribution in [0, 0.1) is 12.7 Å². The summed E-state index contributed by atoms with van der Waals surface area (Å²) in [4.78, 5) is 14.8. The minimum Gasteiger partial charge on any atom is -0.480 e. The van der Waals surface area contributed by atoms with Crippen LogP contribution in [0.25, 0.3) is 11.1 Å². The van der Waals surface area contributed by atoms with E-state index >= 15 is 0 Å². The van der Waals surface area contributed by atoms with E-state index in [1.54, 1.807) is 18.3 Å². The summed E-state index contributed by atoms with van der Waals surface area (Å²) in [6.07, 6.45) is 3.23. The fourth-order valence-electron chi connectivity index (χ4n) is 3.54. The van der Waals surface area contributed by atoms with Gasteiger partial charge in [-0.05, 0) is 67.1 Å². The van der Waals surface area contributed by atoms with Gasteiger partial charge in [-0.1, -0.05) is 24.3 Å². The number of carboxylic acid groups (broad SMARTS) is 1. The van der Waals surface area contributed by atoms with Crippen molar-refractivity contribution >= 4 is 5.97 Å². The molecule has 0 radical (unpaired) electrons. The molecule has 1 aliphatic rings. The van der Waals surface area contributed by atoms with E-state index in [0.717, 1.165) is 29.7 Å². The van der Waals surface area contributed by atoms with Crippen LogP contribution in [-0.4, -0.2) is 28.8 Å². The van der Waals surface area contributed by atoms with Gasteiger partial charge in [0.2, 0.25) is 0 Å². The number of benzene rings is 2. The third-order valence-corrected chi connectivity index (χ3v) is 5.29. The van der Waals surface area contributed by atoms with E-state index in [-0.39, 0.29) is 18.5 Å². The molecule has 6 heteroatoms. The number of aromatic nitrogens is 1. The van der Waals surface area contributed by atoms with Crippen molar-refractivity contribution in [2.45, 2.75) is 31.8 Å². The Bertz CT molecular complexity index is 1030. The Labute approximate surface area is 174 Å². The Hall–Kier alpha value is -3.25. The van der Waals surface area contributed by atoms with Gasteiger partial charge in [-0.25, -0.2) is 9.18 Å². The van der Waals surface area contributed by atoms with Crippen LogP contribution in [0.4, 0.5) is 4.39 Å². The van der Waals surface area contributed by atoms with Gasteiger partial charge in [-0.15, -0.1) is 0 Å². The first-order valence-corrected chi connectivity index (χ1v) is 9.82. The maximum atomic E-state index is 14.5. The quantitative estimate of drug-likeness (QED) is 0.573. The van der Waals surface area contributed by atoms with Crippen molar-refractivity contribution in [3.05, 3.63) is 77.9 Å². The summed E-state index contributed by atoms with van der Waals surface area (Å²) in [5.41, 5.74) is 3.28. The molecule has 1 saturated carbocycles. The Morgan fingerprint density at radius 1 is 1.10 bits per heavy atom. The standard InChI is InChI=1S/C24H22FNO4/c1-15-2-7-20(13-26-15)30-19-8-9-23(25)22(12-19)17-5-3-16(4-6-17)18-10-21(11-18)29-14-24(27)28/h2-9,12-13,18,21H,10-11,14H2,1H3,(H,27,28). The summed E-state index contributed by atoms with van der Waals surface area (Å²) in [5, 5.41) is 8.67. The predicted molar refractivity (Wildman–Crippen MR) is 110 cm³/mol. The van der Waals surface area contributed by atoms with E-state index in [2.05, 4.69) is 4.98 Å². The highest BCUT2D eigenvalue weighted by Gasteiger charge is 2.31. The lowest BCUT2D eigenvalue weighted by Crippen LogP contribution is -2.31. The molecule has 0 bridgehead atoms. The van der Waals surface area contributed by atoms with Crippen LogP contribution in [0.3, 0.4) is 0 Å². The second kappa shape index (κ2) is 8.63. The average molecular weight is 407 g/mol. The zero-order chi connectivity index (χ0) is 21.1. The number of carboxylic acids is 1. The first kappa shape index (κ1) is 20.0. The minimum absolute atomic E-state index is 0.00619. The predicted octanol–water partition coefficient (Wildman–Crippen LogP) is 5.34. The molecule has 1 fully saturated rings. The molecule has 1 aromatic heterocycles. The number of rotatable bonds is 7. The first-order chi connectivity index (χ1) is 14.5. The number of hydrogen-bond donors (Lipinski definition) is 1. The van der Waals surface area contributed by atoms with Crippen LogP contribution in [0.5, 0.6) is 11.5 Å². The maximum absolute atomic E-state index is 14.5. The molecule has 4 rings (SSSR count). The fraction of sp³-hybridized carbons (Fsp3) is 0.250. The normalized spacial score (nSPS) is 17.9. The van der Waals surface area contributed by atoms with Gasteiger partial charge in [0.25, 0.3) is 0 Å². The molecule has 0 unspecified atom stereocenters. The number of nitrogens with zero attached hydrogens (tertiary/aromatic N) is 1. The van der Waals surface area contributed by atoms with E-state index in [1.165, 1.54) is 6.07 Å². The third-order valence-electron chi connectivity index (χ3n) is 5.29. The Kier molecular flexibility index (Phi) is 5.77. The first-order valence-electron chi connectivity index (χ1n) is 9.82. The summed E-state index contributed by atoms with van der Waals surface area (Å²) < 4.78 is 25.6. The molecule has 5 nitrogen and oxygen atoms in total. The largest absolute Gasteiger partial charge is 0.480 e. The number of aryl methyl sites for hydroxylation is 1. The van der Waals surface area contributed by atoms with Gasteiger partial charge >= 0.3 is 5.97 Å². The van der Waals surface area contributed by atoms with Gasteiger partial charge in [0.1, 0.15) is 23.9 Å². The summed E-state index contributed by atoms with van der Waals surface area (Å²) in [7, 11) is 0. The number of aliphatic carboxylic acids is 1. The molecule has 1 aliphatic carbocycles. The molecule has 0 spiro atoms. The molecule has 154 valence electrons. The molecule has 2 aromatic carbocycles. The lowest BCUT2D eigenvalue weighted by atomic mass is 9.77. The topological polar surface area (TPSA) is 68.7 Å². The summed E-state index contributed by atoms with van der Waals surface area (Å²) in [6.45, 7) is 1.64. The zero-order valence-electron chi connectivity index (χ0n) is 16.5. The lowest BCUT2D eigenvalue weighted by molar-refractivity contribution is -0.146. The van der Waals surface area contributed by atoms with Crippen molar-refractivity contribution in [3.63, 3.8) is 0 Å². The molecule has 0 saturated heterocycles. The number of halogens is 1. The van der Waals surface area contributed by atoms with E-state index in [0.29, 0.717) is 23.0 Å². The smallest absolute Gasteiger partial charge is 0.329 e. The van der Waals surface area contributed by atoms with Crippen LogP contribution in [-0.2, 0) is 9.53 Å². The van der Waals surface area contributed by atoms with Gasteiger partial charge in [0, 0.05) is 11.3 Å². The van der Waals surface area contributed by atoms with Gasteiger partial charge in [-0.2, -0.15) is 0 Å². The fourth-order valence-corrected chi connectivity index (χ4v) is 3.54. The molecular weight excluding hydrogens is 385 g/mol. The Morgan fingerprint density at radius 3 is 2.50 bits per heavy atom. The van der Waals surface area contributed by atoms with Crippen LogP contribution < -0.4 is 4.74 Å². The molecular formula is C24H22FNO4. The minimum atomic E-state index is -0.949. The molecule has 0 amide bonds. The third kappa shape index (κ3) is 4.66. The SMILES string of the molecule is Cc1ccc(Oc2ccc(F)c(-c3ccc(C4CC(OCC(=O)O)C4)cc3)c2)cn1. The van der Waals surface area contributed by atoms with Crippen LogP contribution in [0.2, 0.25) is 0 Å². The average Bonchev–Trinajstić information content (AvgIpc) is 2.70. The van der Waals surface area contributed by atoms with Crippen molar-refractivity contribution < 1.29 is 23.8 Å². The molecule has 1 N–H and O–H groups in total. The van der Waals surface area contributed by atoms with Gasteiger partial charge < -0.3 is 14.6 Å². The van der Waals surface area contributed by atoms with Crippen molar-refractivity contribution in [3.8, 4) is 22.6 Å². The molecule has 30 heavy (non-hydrogen) atoms. The number of ether oxygens (including phenoxy) is 2. The van der Waals surface area contributed by atoms with E-state index in [4.69, 9.17) is 14.6 Å². The second-order valence-electron chi connectivity index (χ2n) is 7.50. The molecule has 3 aromatic rings. The summed E-state index contributed by atoms with van der Waals surface area (Å²) >= 11 is 0. The second-order valence-corrected chi connectivity index (χ2v) is 7.50. The van der Waals surface area contributed by atoms with Crippen LogP contribution in [0.1, 0.15) is 30.0 Å². The summed E-state index contributed by atoms with van der Waals surface area (Å²) in [6, 6.07) is 16.1. The van der Waals surface area contributed by atoms with Gasteiger partial charge in [-0.3, -0.25) is 4.98 Å². The number of carbonyl (C=O) groups is 1. The van der Waals surface area contributed by atoms with Gasteiger partial charge in [0.15, 0.2) is 0 Å². The maximum Gasteiger partial charge on any atom is 0.329 e. The Balaban J connectivity index is 1.44. The highest BCUT2D eigenvalue weighted by atomic mass is 19.1. The van der Waals surface area contributed by atoms with Crippen LogP contribution >= 0.6 is 0 Å². The molecule has 1 heterocycles. The molecule has 0 aliphatic heterocycles. The van der Waals surface area contributed by atoms with Crippen molar-refractivity contribution in [2.75, 3.05) is 6.61 Å².